The topological polar surface area (TPSA) is 96.1 Å². The molecule has 0 radical (unpaired) electrons. The molecule has 0 saturated carbocycles. The fourth-order valence-electron chi connectivity index (χ4n) is 2.86. The second kappa shape index (κ2) is 10.4. The average molecular weight is 456 g/mol. The fraction of sp³-hybridized carbons (Fsp3) is 0.440. The third-order valence-electron chi connectivity index (χ3n) is 5.16. The number of hydrogen-bond acceptors (Lipinski definition) is 8. The number of ether oxygens (including phenoxy) is 6. The Labute approximate surface area is 192 Å². The molecule has 2 aromatic rings. The average Bonchev–Trinajstić information content (AvgIpc) is 3.74. The van der Waals surface area contributed by atoms with Crippen LogP contribution in [-0.4, -0.2) is 56.4 Å². The number of carbonyl (C=O) groups excluding carboxylic acids is 2. The molecular formula is C25H28O8. The number of benzene rings is 2. The molecule has 8 nitrogen and oxygen atoms in total. The predicted molar refractivity (Wildman–Crippen MR) is 117 cm³/mol. The van der Waals surface area contributed by atoms with E-state index in [-0.39, 0.29) is 37.4 Å². The number of carbonyl (C=O) groups is 2. The highest BCUT2D eigenvalue weighted by Crippen LogP contribution is 2.19. The largest absolute Gasteiger partial charge is 0.459 e. The quantitative estimate of drug-likeness (QED) is 0.273. The molecule has 2 fully saturated rings. The lowest BCUT2D eigenvalue weighted by Crippen LogP contribution is -2.28. The molecule has 0 spiro atoms. The molecule has 33 heavy (non-hydrogen) atoms. The lowest BCUT2D eigenvalue weighted by atomic mass is 10.1. The maximum atomic E-state index is 12.0. The van der Waals surface area contributed by atoms with E-state index in [4.69, 9.17) is 28.4 Å². The lowest BCUT2D eigenvalue weighted by molar-refractivity contribution is -0.226. The number of epoxide rings is 2. The van der Waals surface area contributed by atoms with Crippen LogP contribution < -0.4 is 0 Å². The van der Waals surface area contributed by atoms with E-state index in [9.17, 15) is 9.59 Å². The number of esters is 2. The Bertz CT molecular complexity index is 866. The van der Waals surface area contributed by atoms with E-state index in [1.807, 2.05) is 38.1 Å². The van der Waals surface area contributed by atoms with Crippen molar-refractivity contribution in [2.24, 2.45) is 0 Å². The van der Waals surface area contributed by atoms with Gasteiger partial charge >= 0.3 is 11.9 Å². The zero-order valence-corrected chi connectivity index (χ0v) is 18.8. The van der Waals surface area contributed by atoms with E-state index in [2.05, 4.69) is 0 Å². The van der Waals surface area contributed by atoms with Gasteiger partial charge in [-0.3, -0.25) is 0 Å². The van der Waals surface area contributed by atoms with Gasteiger partial charge in [-0.25, -0.2) is 9.59 Å². The van der Waals surface area contributed by atoms with E-state index < -0.39 is 5.79 Å². The van der Waals surface area contributed by atoms with Crippen molar-refractivity contribution in [1.82, 2.24) is 0 Å². The summed E-state index contributed by atoms with van der Waals surface area (Å²) in [6.45, 7) is 6.21. The highest BCUT2D eigenvalue weighted by Gasteiger charge is 2.25. The Morgan fingerprint density at radius 1 is 0.758 bits per heavy atom. The Balaban J connectivity index is 1.19. The van der Waals surface area contributed by atoms with E-state index >= 15 is 0 Å². The predicted octanol–water partition coefficient (Wildman–Crippen LogP) is 3.27. The molecule has 4 rings (SSSR count). The van der Waals surface area contributed by atoms with Gasteiger partial charge in [0.05, 0.1) is 37.6 Å². The molecule has 0 aromatic heterocycles. The molecule has 0 bridgehead atoms. The molecule has 2 saturated heterocycles. The first-order valence-corrected chi connectivity index (χ1v) is 10.9. The van der Waals surface area contributed by atoms with Gasteiger partial charge in [-0.05, 0) is 49.2 Å². The summed E-state index contributed by atoms with van der Waals surface area (Å²) in [6, 6.07) is 14.2. The van der Waals surface area contributed by atoms with E-state index in [0.717, 1.165) is 11.1 Å². The smallest absolute Gasteiger partial charge is 0.338 e. The van der Waals surface area contributed by atoms with Crippen LogP contribution in [-0.2, 0) is 41.6 Å². The van der Waals surface area contributed by atoms with Crippen molar-refractivity contribution in [2.45, 2.75) is 45.1 Å². The van der Waals surface area contributed by atoms with E-state index in [1.54, 1.807) is 24.3 Å². The third-order valence-corrected chi connectivity index (χ3v) is 5.16. The summed E-state index contributed by atoms with van der Waals surface area (Å²) in [4.78, 5) is 24.0. The standard InChI is InChI=1S/C25H28O8/c1-25(2,32-11-17-3-7-19(8-4-17)23(26)30-15-21-13-28-21)33-12-18-5-9-20(10-6-18)24(27)31-16-22-14-29-22/h3-10,21-22H,11-16H2,1-2H3. The van der Waals surface area contributed by atoms with Crippen molar-refractivity contribution >= 4 is 11.9 Å². The van der Waals surface area contributed by atoms with Crippen molar-refractivity contribution in [2.75, 3.05) is 26.4 Å². The normalized spacial score (nSPS) is 19.1. The van der Waals surface area contributed by atoms with Crippen LogP contribution in [0.2, 0.25) is 0 Å². The Morgan fingerprint density at radius 2 is 1.12 bits per heavy atom. The van der Waals surface area contributed by atoms with Gasteiger partial charge in [0.1, 0.15) is 25.4 Å². The van der Waals surface area contributed by atoms with Crippen LogP contribution in [0.4, 0.5) is 0 Å². The molecule has 0 aliphatic carbocycles. The second-order valence-electron chi connectivity index (χ2n) is 8.48. The lowest BCUT2D eigenvalue weighted by Gasteiger charge is -2.26. The molecular weight excluding hydrogens is 428 g/mol. The Hall–Kier alpha value is -2.78. The first kappa shape index (κ1) is 23.4. The highest BCUT2D eigenvalue weighted by atomic mass is 16.7. The molecule has 0 amide bonds. The molecule has 0 N–H and O–H groups in total. The summed E-state index contributed by atoms with van der Waals surface area (Å²) >= 11 is 0. The van der Waals surface area contributed by atoms with Crippen LogP contribution >= 0.6 is 0 Å². The summed E-state index contributed by atoms with van der Waals surface area (Å²) in [5.74, 6) is -1.56. The molecule has 8 heteroatoms. The Kier molecular flexibility index (Phi) is 7.39. The highest BCUT2D eigenvalue weighted by molar-refractivity contribution is 5.89. The molecule has 2 aliphatic heterocycles. The maximum Gasteiger partial charge on any atom is 0.338 e. The molecule has 2 unspecified atom stereocenters. The van der Waals surface area contributed by atoms with Gasteiger partial charge in [-0.2, -0.15) is 0 Å². The number of rotatable bonds is 12. The molecule has 2 aromatic carbocycles. The van der Waals surface area contributed by atoms with Crippen LogP contribution in [0.1, 0.15) is 45.7 Å². The molecule has 2 aliphatic rings. The summed E-state index contributed by atoms with van der Waals surface area (Å²) in [6.07, 6.45) is 0.0940. The van der Waals surface area contributed by atoms with Gasteiger partial charge in [0.25, 0.3) is 0 Å². The first-order valence-electron chi connectivity index (χ1n) is 10.9. The summed E-state index contributed by atoms with van der Waals surface area (Å²) < 4.78 is 32.2. The van der Waals surface area contributed by atoms with Crippen LogP contribution in [0.3, 0.4) is 0 Å². The van der Waals surface area contributed by atoms with Crippen molar-refractivity contribution in [3.8, 4) is 0 Å². The van der Waals surface area contributed by atoms with Gasteiger partial charge in [-0.15, -0.1) is 0 Å². The van der Waals surface area contributed by atoms with Gasteiger partial charge < -0.3 is 28.4 Å². The minimum Gasteiger partial charge on any atom is -0.459 e. The fourth-order valence-corrected chi connectivity index (χ4v) is 2.86. The number of hydrogen-bond donors (Lipinski definition) is 0. The van der Waals surface area contributed by atoms with Crippen molar-refractivity contribution < 1.29 is 38.0 Å². The second-order valence-corrected chi connectivity index (χ2v) is 8.48. The Morgan fingerprint density at radius 3 is 1.45 bits per heavy atom. The molecule has 2 heterocycles. The van der Waals surface area contributed by atoms with E-state index in [1.165, 1.54) is 0 Å². The van der Waals surface area contributed by atoms with Crippen LogP contribution in [0.25, 0.3) is 0 Å². The first-order chi connectivity index (χ1) is 15.9. The minimum atomic E-state index is -0.830. The monoisotopic (exact) mass is 456 g/mol. The van der Waals surface area contributed by atoms with Crippen LogP contribution in [0, 0.1) is 0 Å². The molecule has 2 atom stereocenters. The van der Waals surface area contributed by atoms with Crippen LogP contribution in [0.5, 0.6) is 0 Å². The third kappa shape index (κ3) is 7.64. The zero-order chi connectivity index (χ0) is 23.3. The van der Waals surface area contributed by atoms with Crippen molar-refractivity contribution in [3.63, 3.8) is 0 Å². The summed E-state index contributed by atoms with van der Waals surface area (Å²) in [7, 11) is 0. The van der Waals surface area contributed by atoms with Crippen molar-refractivity contribution in [3.05, 3.63) is 70.8 Å². The van der Waals surface area contributed by atoms with Crippen molar-refractivity contribution in [1.29, 1.82) is 0 Å². The maximum absolute atomic E-state index is 12.0. The van der Waals surface area contributed by atoms with Gasteiger partial charge in [0, 0.05) is 0 Å². The summed E-state index contributed by atoms with van der Waals surface area (Å²) in [5.41, 5.74) is 2.80. The molecule has 176 valence electrons. The minimum absolute atomic E-state index is 0.0470. The van der Waals surface area contributed by atoms with Gasteiger partial charge in [0.2, 0.25) is 0 Å². The van der Waals surface area contributed by atoms with Gasteiger partial charge in [0.15, 0.2) is 5.79 Å². The van der Waals surface area contributed by atoms with E-state index in [0.29, 0.717) is 37.6 Å². The van der Waals surface area contributed by atoms with Crippen LogP contribution in [0.15, 0.2) is 48.5 Å². The summed E-state index contributed by atoms with van der Waals surface area (Å²) in [5, 5.41) is 0. The van der Waals surface area contributed by atoms with Gasteiger partial charge in [-0.1, -0.05) is 24.3 Å². The SMILES string of the molecule is CC(C)(OCc1ccc(C(=O)OCC2CO2)cc1)OCc1ccc(C(=O)OCC2CO2)cc1. The zero-order valence-electron chi connectivity index (χ0n) is 18.8.